The van der Waals surface area contributed by atoms with Crippen LogP contribution in [-0.4, -0.2) is 37.5 Å². The Hall–Kier alpha value is -1.06. The molecule has 3 heteroatoms. The zero-order chi connectivity index (χ0) is 20.0. The van der Waals surface area contributed by atoms with Crippen molar-refractivity contribution in [2.45, 2.75) is 85.2 Å². The van der Waals surface area contributed by atoms with Gasteiger partial charge in [-0.3, -0.25) is 0 Å². The summed E-state index contributed by atoms with van der Waals surface area (Å²) in [4.78, 5) is 1.40. The van der Waals surface area contributed by atoms with Crippen LogP contribution in [0.1, 0.15) is 79.4 Å². The Balaban J connectivity index is 3.03. The minimum atomic E-state index is -0.436. The molecule has 0 aliphatic carbocycles. The minimum Gasteiger partial charge on any atom is -0.490 e. The SMILES string of the molecule is CC[NH+](CC)C[C@H](O)COc1ccc(C(C)(C)CC)cc1C(C)(C)CC. The Bertz CT molecular complexity index is 547. The molecule has 0 amide bonds. The van der Waals surface area contributed by atoms with E-state index >= 15 is 0 Å². The van der Waals surface area contributed by atoms with Gasteiger partial charge in [0.05, 0.1) is 13.1 Å². The maximum atomic E-state index is 10.4. The van der Waals surface area contributed by atoms with E-state index in [4.69, 9.17) is 4.74 Å². The molecule has 26 heavy (non-hydrogen) atoms. The van der Waals surface area contributed by atoms with E-state index in [1.165, 1.54) is 16.0 Å². The molecule has 1 aromatic rings. The monoisotopic (exact) mass is 364 g/mol. The number of aliphatic hydroxyl groups excluding tert-OH is 1. The average molecular weight is 365 g/mol. The van der Waals surface area contributed by atoms with E-state index in [-0.39, 0.29) is 10.8 Å². The number of quaternary nitrogens is 1. The van der Waals surface area contributed by atoms with E-state index in [1.54, 1.807) is 0 Å². The summed E-state index contributed by atoms with van der Waals surface area (Å²) in [6, 6.07) is 6.62. The van der Waals surface area contributed by atoms with Crippen LogP contribution in [0.5, 0.6) is 5.75 Å². The number of nitrogens with one attached hydrogen (secondary N) is 1. The first-order chi connectivity index (χ1) is 12.1. The van der Waals surface area contributed by atoms with E-state index in [0.29, 0.717) is 6.61 Å². The van der Waals surface area contributed by atoms with Crippen LogP contribution in [0.25, 0.3) is 0 Å². The van der Waals surface area contributed by atoms with Gasteiger partial charge < -0.3 is 14.7 Å². The van der Waals surface area contributed by atoms with Crippen molar-refractivity contribution in [2.75, 3.05) is 26.2 Å². The summed E-state index contributed by atoms with van der Waals surface area (Å²) in [5.74, 6) is 0.918. The van der Waals surface area contributed by atoms with Crippen LogP contribution in [0.2, 0.25) is 0 Å². The van der Waals surface area contributed by atoms with Crippen molar-refractivity contribution in [1.29, 1.82) is 0 Å². The second kappa shape index (κ2) is 9.75. The summed E-state index contributed by atoms with van der Waals surface area (Å²) in [5.41, 5.74) is 2.81. The number of aliphatic hydroxyl groups is 1. The van der Waals surface area contributed by atoms with E-state index in [9.17, 15) is 5.11 Å². The van der Waals surface area contributed by atoms with Crippen molar-refractivity contribution in [3.8, 4) is 5.75 Å². The third-order valence-electron chi connectivity index (χ3n) is 6.21. The molecule has 1 aromatic carbocycles. The number of rotatable bonds is 11. The predicted octanol–water partition coefficient (Wildman–Crippen LogP) is 3.73. The molecule has 0 spiro atoms. The highest BCUT2D eigenvalue weighted by Crippen LogP contribution is 2.38. The Labute approximate surface area is 161 Å². The third kappa shape index (κ3) is 5.99. The summed E-state index contributed by atoms with van der Waals surface area (Å²) in [6.07, 6.45) is 1.71. The van der Waals surface area contributed by atoms with Gasteiger partial charge in [-0.2, -0.15) is 0 Å². The fraction of sp³-hybridized carbons (Fsp3) is 0.739. The lowest BCUT2D eigenvalue weighted by Crippen LogP contribution is -3.12. The topological polar surface area (TPSA) is 33.9 Å². The maximum absolute atomic E-state index is 10.4. The molecule has 0 aliphatic heterocycles. The van der Waals surface area contributed by atoms with Gasteiger partial charge in [-0.15, -0.1) is 0 Å². The zero-order valence-corrected chi connectivity index (χ0v) is 18.4. The number of likely N-dealkylation sites (N-methyl/N-ethyl adjacent to an activating group) is 1. The van der Waals surface area contributed by atoms with Crippen molar-refractivity contribution in [3.05, 3.63) is 29.3 Å². The molecule has 3 nitrogen and oxygen atoms in total. The van der Waals surface area contributed by atoms with Crippen molar-refractivity contribution in [2.24, 2.45) is 0 Å². The summed E-state index contributed by atoms with van der Waals surface area (Å²) in [6.45, 7) is 21.1. The first-order valence-electron chi connectivity index (χ1n) is 10.4. The van der Waals surface area contributed by atoms with Crippen molar-refractivity contribution < 1.29 is 14.7 Å². The Morgan fingerprint density at radius 2 is 1.54 bits per heavy atom. The highest BCUT2D eigenvalue weighted by molar-refractivity contribution is 5.44. The van der Waals surface area contributed by atoms with Gasteiger partial charge in [0.1, 0.15) is 25.0 Å². The van der Waals surface area contributed by atoms with Crippen molar-refractivity contribution in [3.63, 3.8) is 0 Å². The zero-order valence-electron chi connectivity index (χ0n) is 18.4. The summed E-state index contributed by atoms with van der Waals surface area (Å²) in [5, 5.41) is 10.4. The van der Waals surface area contributed by atoms with E-state index in [0.717, 1.165) is 38.2 Å². The molecule has 1 atom stereocenters. The molecule has 150 valence electrons. The molecule has 0 aromatic heterocycles. The molecule has 0 heterocycles. The van der Waals surface area contributed by atoms with Gasteiger partial charge in [0.15, 0.2) is 0 Å². The van der Waals surface area contributed by atoms with E-state index in [1.807, 2.05) is 0 Å². The van der Waals surface area contributed by atoms with Crippen LogP contribution < -0.4 is 9.64 Å². The minimum absolute atomic E-state index is 0.0459. The highest BCUT2D eigenvalue weighted by Gasteiger charge is 2.27. The fourth-order valence-corrected chi connectivity index (χ4v) is 3.12. The summed E-state index contributed by atoms with van der Waals surface area (Å²) < 4.78 is 6.11. The van der Waals surface area contributed by atoms with E-state index < -0.39 is 6.10 Å². The molecular weight excluding hydrogens is 322 g/mol. The van der Waals surface area contributed by atoms with Gasteiger partial charge >= 0.3 is 0 Å². The first-order valence-corrected chi connectivity index (χ1v) is 10.4. The second-order valence-electron chi connectivity index (χ2n) is 8.81. The quantitative estimate of drug-likeness (QED) is 0.627. The summed E-state index contributed by atoms with van der Waals surface area (Å²) >= 11 is 0. The van der Waals surface area contributed by atoms with Gasteiger partial charge in [0, 0.05) is 5.56 Å². The molecule has 2 N–H and O–H groups in total. The molecular formula is C23H42NO2+. The van der Waals surface area contributed by atoms with Crippen LogP contribution in [0.15, 0.2) is 18.2 Å². The van der Waals surface area contributed by atoms with Crippen LogP contribution in [0.3, 0.4) is 0 Å². The lowest BCUT2D eigenvalue weighted by Gasteiger charge is -2.30. The molecule has 0 saturated carbocycles. The normalized spacial score (nSPS) is 13.9. The van der Waals surface area contributed by atoms with E-state index in [2.05, 4.69) is 73.6 Å². The Morgan fingerprint density at radius 3 is 2.04 bits per heavy atom. The molecule has 0 fully saturated rings. The first kappa shape index (κ1) is 23.0. The number of hydrogen-bond acceptors (Lipinski definition) is 2. The predicted molar refractivity (Wildman–Crippen MR) is 111 cm³/mol. The Morgan fingerprint density at radius 1 is 0.962 bits per heavy atom. The molecule has 0 bridgehead atoms. The average Bonchev–Trinajstić information content (AvgIpc) is 2.64. The van der Waals surface area contributed by atoms with Crippen molar-refractivity contribution in [1.82, 2.24) is 0 Å². The molecule has 0 saturated heterocycles. The van der Waals surface area contributed by atoms with Crippen LogP contribution in [0, 0.1) is 0 Å². The lowest BCUT2D eigenvalue weighted by atomic mass is 9.76. The maximum Gasteiger partial charge on any atom is 0.137 e. The van der Waals surface area contributed by atoms with Crippen molar-refractivity contribution >= 4 is 0 Å². The van der Waals surface area contributed by atoms with Crippen LogP contribution in [0.4, 0.5) is 0 Å². The fourth-order valence-electron chi connectivity index (χ4n) is 3.12. The number of hydrogen-bond donors (Lipinski definition) is 2. The Kier molecular flexibility index (Phi) is 8.62. The van der Waals surface area contributed by atoms with Gasteiger partial charge in [-0.1, -0.05) is 53.7 Å². The van der Waals surface area contributed by atoms with Gasteiger partial charge in [-0.05, 0) is 49.1 Å². The van der Waals surface area contributed by atoms with Gasteiger partial charge in [0.2, 0.25) is 0 Å². The summed E-state index contributed by atoms with van der Waals surface area (Å²) in [7, 11) is 0. The lowest BCUT2D eigenvalue weighted by molar-refractivity contribution is -0.899. The number of benzene rings is 1. The third-order valence-corrected chi connectivity index (χ3v) is 6.21. The number of ether oxygens (including phenoxy) is 1. The molecule has 0 aliphatic rings. The van der Waals surface area contributed by atoms with Crippen LogP contribution in [-0.2, 0) is 10.8 Å². The van der Waals surface area contributed by atoms with Gasteiger partial charge in [-0.25, -0.2) is 0 Å². The smallest absolute Gasteiger partial charge is 0.137 e. The molecule has 0 unspecified atom stereocenters. The second-order valence-corrected chi connectivity index (χ2v) is 8.81. The highest BCUT2D eigenvalue weighted by atomic mass is 16.5. The van der Waals surface area contributed by atoms with Gasteiger partial charge in [0.25, 0.3) is 0 Å². The van der Waals surface area contributed by atoms with Crippen LogP contribution >= 0.6 is 0 Å². The molecule has 1 rings (SSSR count). The largest absolute Gasteiger partial charge is 0.490 e. The molecule has 0 radical (unpaired) electrons. The standard InChI is InChI=1S/C23H41NO2/c1-9-22(5,6)18-13-14-21(20(15-18)23(7,8)10-2)26-17-19(25)16-24(11-3)12-4/h13-15,19,25H,9-12,16-17H2,1-8H3/p+1/t19-/m0/s1.